The summed E-state index contributed by atoms with van der Waals surface area (Å²) in [5.41, 5.74) is 10.7. The van der Waals surface area contributed by atoms with Crippen molar-refractivity contribution in [1.82, 2.24) is 0 Å². The predicted molar refractivity (Wildman–Crippen MR) is 75.1 cm³/mol. The van der Waals surface area contributed by atoms with Gasteiger partial charge in [-0.05, 0) is 37.1 Å². The van der Waals surface area contributed by atoms with Crippen molar-refractivity contribution in [1.29, 1.82) is 0 Å². The Bertz CT molecular complexity index is 530. The lowest BCUT2D eigenvalue weighted by molar-refractivity contribution is 1.41. The van der Waals surface area contributed by atoms with Crippen molar-refractivity contribution in [2.24, 2.45) is 0 Å². The summed E-state index contributed by atoms with van der Waals surface area (Å²) in [6.45, 7) is 4.00. The van der Waals surface area contributed by atoms with Gasteiger partial charge in [0.25, 0.3) is 0 Å². The van der Waals surface area contributed by atoms with Crippen LogP contribution in [0.1, 0.15) is 11.1 Å². The largest absolute Gasteiger partial charge is 0.397 e. The number of hydrogen-bond acceptors (Lipinski definition) is 2. The minimum Gasteiger partial charge on any atom is -0.397 e. The van der Waals surface area contributed by atoms with Crippen molar-refractivity contribution in [3.63, 3.8) is 0 Å². The molecule has 0 aliphatic carbocycles. The van der Waals surface area contributed by atoms with Crippen LogP contribution in [-0.4, -0.2) is 0 Å². The number of rotatable bonds is 2. The molecule has 0 saturated heterocycles. The lowest BCUT2D eigenvalue weighted by Crippen LogP contribution is -1.99. The minimum atomic E-state index is 0.700. The molecule has 0 radical (unpaired) electrons. The molecule has 0 aliphatic rings. The van der Waals surface area contributed by atoms with Crippen LogP contribution in [0.15, 0.2) is 36.4 Å². The molecule has 0 atom stereocenters. The van der Waals surface area contributed by atoms with E-state index in [2.05, 4.69) is 5.32 Å². The van der Waals surface area contributed by atoms with Gasteiger partial charge >= 0.3 is 0 Å². The molecule has 0 heterocycles. The Labute approximate surface area is 106 Å². The van der Waals surface area contributed by atoms with E-state index >= 15 is 0 Å². The average Bonchev–Trinajstić information content (AvgIpc) is 2.29. The molecule has 0 bridgehead atoms. The van der Waals surface area contributed by atoms with Gasteiger partial charge in [-0.2, -0.15) is 0 Å². The van der Waals surface area contributed by atoms with Crippen LogP contribution in [0, 0.1) is 13.8 Å². The summed E-state index contributed by atoms with van der Waals surface area (Å²) in [4.78, 5) is 0. The van der Waals surface area contributed by atoms with Gasteiger partial charge in [0.1, 0.15) is 0 Å². The van der Waals surface area contributed by atoms with Crippen LogP contribution in [0.25, 0.3) is 0 Å². The van der Waals surface area contributed by atoms with Crippen LogP contribution < -0.4 is 11.1 Å². The number of para-hydroxylation sites is 2. The Morgan fingerprint density at radius 1 is 1.00 bits per heavy atom. The Morgan fingerprint density at radius 2 is 1.65 bits per heavy atom. The molecule has 3 heteroatoms. The van der Waals surface area contributed by atoms with E-state index in [9.17, 15) is 0 Å². The second-order valence-electron chi connectivity index (χ2n) is 4.09. The highest BCUT2D eigenvalue weighted by molar-refractivity contribution is 6.33. The van der Waals surface area contributed by atoms with E-state index in [1.165, 1.54) is 0 Å². The first-order valence-corrected chi connectivity index (χ1v) is 5.84. The van der Waals surface area contributed by atoms with Crippen LogP contribution in [0.2, 0.25) is 5.02 Å². The third kappa shape index (κ3) is 2.37. The minimum absolute atomic E-state index is 0.700. The lowest BCUT2D eigenvalue weighted by Gasteiger charge is -2.14. The lowest BCUT2D eigenvalue weighted by atomic mass is 10.1. The number of nitrogens with two attached hydrogens (primary N) is 1. The summed E-state index contributed by atoms with van der Waals surface area (Å²) in [7, 11) is 0. The number of benzene rings is 2. The molecule has 2 nitrogen and oxygen atoms in total. The fourth-order valence-corrected chi connectivity index (χ4v) is 1.98. The van der Waals surface area contributed by atoms with Gasteiger partial charge in [-0.3, -0.25) is 0 Å². The maximum Gasteiger partial charge on any atom is 0.0643 e. The highest BCUT2D eigenvalue weighted by Crippen LogP contribution is 2.31. The van der Waals surface area contributed by atoms with Crippen LogP contribution in [0.5, 0.6) is 0 Å². The molecule has 0 fully saturated rings. The van der Waals surface area contributed by atoms with Crippen LogP contribution in [-0.2, 0) is 0 Å². The first-order valence-electron chi connectivity index (χ1n) is 5.47. The number of anilines is 3. The maximum atomic E-state index is 6.17. The van der Waals surface area contributed by atoms with Crippen molar-refractivity contribution < 1.29 is 0 Å². The Hall–Kier alpha value is -1.67. The van der Waals surface area contributed by atoms with Crippen LogP contribution >= 0.6 is 11.6 Å². The van der Waals surface area contributed by atoms with Gasteiger partial charge in [0.15, 0.2) is 0 Å². The van der Waals surface area contributed by atoms with Gasteiger partial charge in [-0.15, -0.1) is 0 Å². The molecule has 3 N–H and O–H groups in total. The molecule has 0 unspecified atom stereocenters. The molecule has 0 aromatic heterocycles. The molecule has 0 amide bonds. The predicted octanol–water partition coefficient (Wildman–Crippen LogP) is 4.28. The van der Waals surface area contributed by atoms with E-state index in [1.807, 2.05) is 50.2 Å². The molecule has 2 aromatic carbocycles. The number of nitrogens with one attached hydrogen (secondary N) is 1. The van der Waals surface area contributed by atoms with E-state index in [0.717, 1.165) is 28.2 Å². The van der Waals surface area contributed by atoms with Crippen LogP contribution in [0.4, 0.5) is 17.1 Å². The zero-order valence-corrected chi connectivity index (χ0v) is 10.7. The first kappa shape index (κ1) is 11.8. The molecule has 0 aliphatic heterocycles. The van der Waals surface area contributed by atoms with E-state index in [-0.39, 0.29) is 0 Å². The molecular weight excluding hydrogens is 232 g/mol. The molecule has 17 heavy (non-hydrogen) atoms. The summed E-state index contributed by atoms with van der Waals surface area (Å²) in [6, 6.07) is 11.7. The molecule has 88 valence electrons. The fourth-order valence-electron chi connectivity index (χ4n) is 1.71. The highest BCUT2D eigenvalue weighted by atomic mass is 35.5. The zero-order valence-electron chi connectivity index (χ0n) is 9.92. The first-order chi connectivity index (χ1) is 8.09. The Balaban J connectivity index is 2.42. The summed E-state index contributed by atoms with van der Waals surface area (Å²) in [6.07, 6.45) is 0. The number of halogens is 1. The number of hydrogen-bond donors (Lipinski definition) is 2. The van der Waals surface area contributed by atoms with Crippen molar-refractivity contribution in [3.8, 4) is 0 Å². The highest BCUT2D eigenvalue weighted by Gasteiger charge is 2.06. The standard InChI is InChI=1S/C14H15ClN2/c1-9-5-4-8-12(13(9)16)17-14-10(2)6-3-7-11(14)15/h3-8,17H,16H2,1-2H3. The number of nitrogen functional groups attached to an aromatic ring is 1. The Morgan fingerprint density at radius 3 is 2.35 bits per heavy atom. The van der Waals surface area contributed by atoms with Gasteiger partial charge in [0.2, 0.25) is 0 Å². The van der Waals surface area contributed by atoms with Gasteiger partial charge in [0.05, 0.1) is 22.1 Å². The second kappa shape index (κ2) is 4.68. The van der Waals surface area contributed by atoms with Crippen molar-refractivity contribution in [2.45, 2.75) is 13.8 Å². The molecular formula is C14H15ClN2. The average molecular weight is 247 g/mol. The van der Waals surface area contributed by atoms with Crippen molar-refractivity contribution in [2.75, 3.05) is 11.1 Å². The monoisotopic (exact) mass is 246 g/mol. The van der Waals surface area contributed by atoms with Gasteiger partial charge in [-0.1, -0.05) is 35.9 Å². The summed E-state index contributed by atoms with van der Waals surface area (Å²) in [5, 5.41) is 3.99. The van der Waals surface area contributed by atoms with Crippen LogP contribution in [0.3, 0.4) is 0 Å². The molecule has 0 saturated carbocycles. The third-order valence-electron chi connectivity index (χ3n) is 2.81. The third-order valence-corrected chi connectivity index (χ3v) is 3.12. The molecule has 2 rings (SSSR count). The molecule has 2 aromatic rings. The zero-order chi connectivity index (χ0) is 12.4. The second-order valence-corrected chi connectivity index (χ2v) is 4.50. The summed E-state index contributed by atoms with van der Waals surface area (Å²) in [5.74, 6) is 0. The van der Waals surface area contributed by atoms with Gasteiger partial charge in [0, 0.05) is 0 Å². The smallest absolute Gasteiger partial charge is 0.0643 e. The van der Waals surface area contributed by atoms with E-state index in [0.29, 0.717) is 5.02 Å². The van der Waals surface area contributed by atoms with Gasteiger partial charge in [-0.25, -0.2) is 0 Å². The maximum absolute atomic E-state index is 6.17. The quantitative estimate of drug-likeness (QED) is 0.776. The SMILES string of the molecule is Cc1cccc(Nc2c(C)cccc2Cl)c1N. The number of aryl methyl sites for hydroxylation is 2. The van der Waals surface area contributed by atoms with E-state index in [1.54, 1.807) is 0 Å². The topological polar surface area (TPSA) is 38.0 Å². The Kier molecular flexibility index (Phi) is 3.25. The summed E-state index contributed by atoms with van der Waals surface area (Å²) < 4.78 is 0. The van der Waals surface area contributed by atoms with Crippen molar-refractivity contribution in [3.05, 3.63) is 52.5 Å². The van der Waals surface area contributed by atoms with Gasteiger partial charge < -0.3 is 11.1 Å². The van der Waals surface area contributed by atoms with E-state index in [4.69, 9.17) is 17.3 Å². The molecule has 0 spiro atoms. The summed E-state index contributed by atoms with van der Waals surface area (Å²) >= 11 is 6.17. The fraction of sp³-hybridized carbons (Fsp3) is 0.143. The van der Waals surface area contributed by atoms with E-state index < -0.39 is 0 Å². The van der Waals surface area contributed by atoms with Crippen molar-refractivity contribution >= 4 is 28.7 Å². The normalized spacial score (nSPS) is 10.3.